The van der Waals surface area contributed by atoms with Crippen LogP contribution in [0.25, 0.3) is 11.8 Å². The molecule has 0 aliphatic carbocycles. The number of aromatic nitrogens is 4. The molecule has 2 aromatic carbocycles. The lowest BCUT2D eigenvalue weighted by Gasteiger charge is -2.07. The first kappa shape index (κ1) is 23.3. The fourth-order valence-corrected chi connectivity index (χ4v) is 4.06. The Kier molecular flexibility index (Phi) is 6.56. The van der Waals surface area contributed by atoms with E-state index in [4.69, 9.17) is 11.6 Å². The number of nitrogens with one attached hydrogen (secondary N) is 1. The molecule has 0 aliphatic rings. The quantitative estimate of drug-likeness (QED) is 0.412. The van der Waals surface area contributed by atoms with Gasteiger partial charge in [0.25, 0.3) is 5.56 Å². The van der Waals surface area contributed by atoms with Crippen molar-refractivity contribution in [3.63, 3.8) is 0 Å². The summed E-state index contributed by atoms with van der Waals surface area (Å²) in [7, 11) is 1.78. The molecule has 34 heavy (non-hydrogen) atoms. The molecule has 0 aliphatic heterocycles. The lowest BCUT2D eigenvalue weighted by atomic mass is 10.1. The maximum absolute atomic E-state index is 13.0. The van der Waals surface area contributed by atoms with Gasteiger partial charge in [0.15, 0.2) is 0 Å². The van der Waals surface area contributed by atoms with Crippen molar-refractivity contribution in [2.24, 2.45) is 7.05 Å². The highest BCUT2D eigenvalue weighted by molar-refractivity contribution is 6.31. The third-order valence-electron chi connectivity index (χ3n) is 5.77. The smallest absolute Gasteiger partial charge is 0.295 e. The van der Waals surface area contributed by atoms with Gasteiger partial charge in [-0.05, 0) is 44.5 Å². The summed E-state index contributed by atoms with van der Waals surface area (Å²) in [5, 5.41) is 7.68. The van der Waals surface area contributed by atoms with E-state index in [2.05, 4.69) is 10.4 Å². The summed E-state index contributed by atoms with van der Waals surface area (Å²) in [4.78, 5) is 25.7. The third-order valence-corrected chi connectivity index (χ3v) is 6.16. The predicted octanol–water partition coefficient (Wildman–Crippen LogP) is 4.65. The Labute approximate surface area is 202 Å². The Morgan fingerprint density at radius 2 is 1.74 bits per heavy atom. The summed E-state index contributed by atoms with van der Waals surface area (Å²) < 4.78 is 4.94. The Bertz CT molecular complexity index is 1430. The molecule has 0 saturated carbocycles. The highest BCUT2D eigenvalue weighted by atomic mass is 35.5. The van der Waals surface area contributed by atoms with Gasteiger partial charge in [-0.2, -0.15) is 5.10 Å². The van der Waals surface area contributed by atoms with Crippen LogP contribution in [0.4, 0.5) is 5.69 Å². The van der Waals surface area contributed by atoms with Crippen LogP contribution in [0.3, 0.4) is 0 Å². The average molecular weight is 476 g/mol. The second-order valence-electron chi connectivity index (χ2n) is 8.19. The fraction of sp³-hybridized carbons (Fsp3) is 0.192. The molecule has 0 atom stereocenters. The Morgan fingerprint density at radius 3 is 2.41 bits per heavy atom. The zero-order valence-electron chi connectivity index (χ0n) is 19.5. The van der Waals surface area contributed by atoms with Crippen LogP contribution in [-0.4, -0.2) is 25.1 Å². The van der Waals surface area contributed by atoms with Gasteiger partial charge in [0.05, 0.1) is 23.6 Å². The maximum Gasteiger partial charge on any atom is 0.295 e. The van der Waals surface area contributed by atoms with E-state index in [0.717, 1.165) is 11.3 Å². The molecule has 174 valence electrons. The van der Waals surface area contributed by atoms with E-state index in [0.29, 0.717) is 28.6 Å². The predicted molar refractivity (Wildman–Crippen MR) is 136 cm³/mol. The number of benzene rings is 2. The van der Waals surface area contributed by atoms with Gasteiger partial charge in [0.2, 0.25) is 5.91 Å². The van der Waals surface area contributed by atoms with Crippen molar-refractivity contribution < 1.29 is 4.79 Å². The average Bonchev–Trinajstić information content (AvgIpc) is 3.20. The number of nitrogens with zero attached hydrogens (tertiary/aromatic N) is 4. The summed E-state index contributed by atoms with van der Waals surface area (Å²) in [6.45, 7) is 6.20. The summed E-state index contributed by atoms with van der Waals surface area (Å²) in [6.07, 6.45) is 2.99. The minimum absolute atomic E-state index is 0.235. The van der Waals surface area contributed by atoms with E-state index in [-0.39, 0.29) is 11.2 Å². The normalized spacial score (nSPS) is 11.3. The number of carbonyl (C=O) groups excluding carboxylic acids is 1. The van der Waals surface area contributed by atoms with Crippen LogP contribution in [0, 0.1) is 20.8 Å². The fourth-order valence-electron chi connectivity index (χ4n) is 3.76. The summed E-state index contributed by atoms with van der Waals surface area (Å²) >= 11 is 6.56. The summed E-state index contributed by atoms with van der Waals surface area (Å²) in [5.74, 6) is -0.423. The van der Waals surface area contributed by atoms with Gasteiger partial charge in [-0.15, -0.1) is 0 Å². The van der Waals surface area contributed by atoms with Gasteiger partial charge < -0.3 is 5.32 Å². The largest absolute Gasteiger partial charge is 0.316 e. The number of amides is 1. The maximum atomic E-state index is 13.0. The van der Waals surface area contributed by atoms with Crippen molar-refractivity contribution in [2.45, 2.75) is 27.3 Å². The van der Waals surface area contributed by atoms with Crippen molar-refractivity contribution in [1.29, 1.82) is 0 Å². The van der Waals surface area contributed by atoms with Crippen LogP contribution in [-0.2, 0) is 18.4 Å². The van der Waals surface area contributed by atoms with E-state index < -0.39 is 5.91 Å². The number of hydrogen-bond donors (Lipinski definition) is 1. The molecule has 4 rings (SSSR count). The molecule has 4 aromatic rings. The summed E-state index contributed by atoms with van der Waals surface area (Å²) in [6, 6.07) is 17.4. The van der Waals surface area contributed by atoms with E-state index in [1.165, 1.54) is 16.3 Å². The van der Waals surface area contributed by atoms with Crippen LogP contribution >= 0.6 is 11.6 Å². The molecular weight excluding hydrogens is 450 g/mol. The molecule has 8 heteroatoms. The molecule has 0 unspecified atom stereocenters. The van der Waals surface area contributed by atoms with Gasteiger partial charge >= 0.3 is 0 Å². The van der Waals surface area contributed by atoms with Crippen LogP contribution in [0.15, 0.2) is 65.5 Å². The zero-order valence-corrected chi connectivity index (χ0v) is 20.3. The molecule has 0 bridgehead atoms. The Morgan fingerprint density at radius 1 is 1.06 bits per heavy atom. The number of aryl methyl sites for hydroxylation is 2. The van der Waals surface area contributed by atoms with Gasteiger partial charge in [-0.25, -0.2) is 9.36 Å². The van der Waals surface area contributed by atoms with Crippen molar-refractivity contribution in [2.75, 3.05) is 5.32 Å². The topological polar surface area (TPSA) is 73.8 Å². The van der Waals surface area contributed by atoms with E-state index in [1.807, 2.05) is 68.4 Å². The molecule has 0 saturated heterocycles. The van der Waals surface area contributed by atoms with Crippen molar-refractivity contribution in [3.05, 3.63) is 104 Å². The van der Waals surface area contributed by atoms with E-state index >= 15 is 0 Å². The number of anilines is 1. The zero-order chi connectivity index (χ0) is 24.4. The second kappa shape index (κ2) is 9.57. The molecule has 2 heterocycles. The summed E-state index contributed by atoms with van der Waals surface area (Å²) in [5.41, 5.74) is 4.95. The molecule has 2 aromatic heterocycles. The number of para-hydroxylation sites is 1. The van der Waals surface area contributed by atoms with Crippen molar-refractivity contribution >= 4 is 29.3 Å². The molecule has 7 nitrogen and oxygen atoms in total. The molecule has 1 N–H and O–H groups in total. The third kappa shape index (κ3) is 4.61. The first-order valence-corrected chi connectivity index (χ1v) is 11.3. The van der Waals surface area contributed by atoms with Gasteiger partial charge in [0, 0.05) is 18.7 Å². The molecule has 0 radical (unpaired) electrons. The van der Waals surface area contributed by atoms with Crippen LogP contribution in [0.1, 0.15) is 28.1 Å². The molecule has 1 amide bonds. The Balaban J connectivity index is 1.54. The first-order chi connectivity index (χ1) is 16.3. The SMILES string of the molecule is Cc1ccc(Cn2nc(C)c(/C=C/C(=O)Nc3c(C)n(C)n(-c4ccccc4)c3=O)c2Cl)cc1. The second-order valence-corrected chi connectivity index (χ2v) is 8.55. The van der Waals surface area contributed by atoms with Crippen LogP contribution in [0.2, 0.25) is 5.15 Å². The van der Waals surface area contributed by atoms with Crippen molar-refractivity contribution in [1.82, 2.24) is 19.1 Å². The molecule has 0 fully saturated rings. The number of carbonyl (C=O) groups is 1. The minimum atomic E-state index is -0.423. The van der Waals surface area contributed by atoms with Crippen LogP contribution in [0.5, 0.6) is 0 Å². The van der Waals surface area contributed by atoms with Gasteiger partial charge in [-0.1, -0.05) is 59.6 Å². The standard InChI is InChI=1S/C26H26ClN5O2/c1-17-10-12-20(13-11-17)16-31-25(27)22(18(2)29-31)14-15-23(33)28-24-19(3)30(4)32(26(24)34)21-8-6-5-7-9-21/h5-15H,16H2,1-4H3,(H,28,33)/b15-14+. The monoisotopic (exact) mass is 475 g/mol. The number of rotatable bonds is 6. The highest BCUT2D eigenvalue weighted by Gasteiger charge is 2.18. The highest BCUT2D eigenvalue weighted by Crippen LogP contribution is 2.23. The number of hydrogen-bond acceptors (Lipinski definition) is 3. The molecular formula is C26H26ClN5O2. The lowest BCUT2D eigenvalue weighted by molar-refractivity contribution is -0.111. The lowest BCUT2D eigenvalue weighted by Crippen LogP contribution is -2.22. The Hall–Kier alpha value is -3.84. The van der Waals surface area contributed by atoms with E-state index in [1.54, 1.807) is 29.4 Å². The van der Waals surface area contributed by atoms with Gasteiger partial charge in [0.1, 0.15) is 10.8 Å². The van der Waals surface area contributed by atoms with Gasteiger partial charge in [-0.3, -0.25) is 14.3 Å². The van der Waals surface area contributed by atoms with Crippen LogP contribution < -0.4 is 10.9 Å². The first-order valence-electron chi connectivity index (χ1n) is 10.9. The van der Waals surface area contributed by atoms with Crippen molar-refractivity contribution in [3.8, 4) is 5.69 Å². The molecule has 0 spiro atoms. The van der Waals surface area contributed by atoms with E-state index in [9.17, 15) is 9.59 Å². The minimum Gasteiger partial charge on any atom is -0.316 e. The number of halogens is 1.